The maximum atomic E-state index is 12.8. The summed E-state index contributed by atoms with van der Waals surface area (Å²) in [5.74, 6) is -1.62. The van der Waals surface area contributed by atoms with Gasteiger partial charge < -0.3 is 14.6 Å². The van der Waals surface area contributed by atoms with Crippen LogP contribution in [0.5, 0.6) is 0 Å². The molecule has 0 radical (unpaired) electrons. The quantitative estimate of drug-likeness (QED) is 0.750. The summed E-state index contributed by atoms with van der Waals surface area (Å²) in [4.78, 5) is 25.5. The van der Waals surface area contributed by atoms with Crippen molar-refractivity contribution in [3.8, 4) is 0 Å². The number of aliphatic hydroxyl groups is 2. The number of aliphatic hydroxyl groups excluding tert-OH is 1. The minimum absolute atomic E-state index is 0.0167. The fraction of sp³-hybridized carbons (Fsp3) is 0.600. The lowest BCUT2D eigenvalue weighted by Crippen LogP contribution is -2.63. The van der Waals surface area contributed by atoms with Gasteiger partial charge >= 0.3 is 0 Å². The number of hydrogen-bond donors (Lipinski definition) is 2. The van der Waals surface area contributed by atoms with E-state index in [0.717, 1.165) is 0 Å². The Labute approximate surface area is 116 Å². The molecule has 0 aromatic carbocycles. The zero-order chi connectivity index (χ0) is 14.9. The molecule has 3 rings (SSSR count). The van der Waals surface area contributed by atoms with Crippen LogP contribution in [0.3, 0.4) is 0 Å². The number of carbonyl (C=O) groups excluding carboxylic acids is 2. The second-order valence-electron chi connectivity index (χ2n) is 6.44. The molecule has 0 saturated heterocycles. The van der Waals surface area contributed by atoms with E-state index in [2.05, 4.69) is 0 Å². The Kier molecular flexibility index (Phi) is 2.57. The lowest BCUT2D eigenvalue weighted by molar-refractivity contribution is -0.117. The van der Waals surface area contributed by atoms with E-state index >= 15 is 0 Å². The van der Waals surface area contributed by atoms with Crippen LogP contribution in [0, 0.1) is 18.3 Å². The highest BCUT2D eigenvalue weighted by atomic mass is 16.3. The number of furan rings is 1. The number of aryl methyl sites for hydroxylation is 1. The van der Waals surface area contributed by atoms with Crippen LogP contribution < -0.4 is 0 Å². The summed E-state index contributed by atoms with van der Waals surface area (Å²) in [6.45, 7) is 4.81. The van der Waals surface area contributed by atoms with Gasteiger partial charge in [-0.15, -0.1) is 0 Å². The van der Waals surface area contributed by atoms with Crippen LogP contribution in [0.2, 0.25) is 0 Å². The average Bonchev–Trinajstić information content (AvgIpc) is 2.74. The molecule has 0 unspecified atom stereocenters. The molecular formula is C15H18O5. The maximum Gasteiger partial charge on any atom is 0.208 e. The third-order valence-corrected chi connectivity index (χ3v) is 5.02. The lowest BCUT2D eigenvalue weighted by atomic mass is 9.53. The van der Waals surface area contributed by atoms with Crippen LogP contribution in [-0.4, -0.2) is 33.5 Å². The van der Waals surface area contributed by atoms with E-state index in [1.165, 1.54) is 6.26 Å². The van der Waals surface area contributed by atoms with Gasteiger partial charge in [0, 0.05) is 0 Å². The van der Waals surface area contributed by atoms with Crippen LogP contribution in [0.25, 0.3) is 0 Å². The molecule has 4 atom stereocenters. The summed E-state index contributed by atoms with van der Waals surface area (Å²) in [6, 6.07) is 0. The standard InChI is InChI=1S/C15H18O5/c1-7-6-20-11-9(7)10(17)12-14(2,19)5-4-8(16)15(12,3)13(11)18/h6,8,12,16,19H,4-5H2,1-3H3/t8-,12+,14+,15+/m0/s1. The first kappa shape index (κ1) is 13.5. The molecule has 108 valence electrons. The van der Waals surface area contributed by atoms with Gasteiger partial charge in [0.1, 0.15) is 0 Å². The molecule has 0 bridgehead atoms. The van der Waals surface area contributed by atoms with E-state index in [4.69, 9.17) is 4.42 Å². The van der Waals surface area contributed by atoms with Crippen LogP contribution in [-0.2, 0) is 0 Å². The summed E-state index contributed by atoms with van der Waals surface area (Å²) < 4.78 is 5.24. The molecule has 5 heteroatoms. The van der Waals surface area contributed by atoms with Crippen LogP contribution in [0.1, 0.15) is 53.2 Å². The fourth-order valence-corrected chi connectivity index (χ4v) is 3.86. The SMILES string of the molecule is Cc1coc2c1C(=O)[C@H]1[C@](C)(C2=O)[C@@H](O)CC[C@@]1(C)O. The maximum absolute atomic E-state index is 12.8. The highest BCUT2D eigenvalue weighted by molar-refractivity contribution is 6.17. The van der Waals surface area contributed by atoms with Crippen molar-refractivity contribution < 1.29 is 24.2 Å². The summed E-state index contributed by atoms with van der Waals surface area (Å²) in [7, 11) is 0. The van der Waals surface area contributed by atoms with Gasteiger partial charge in [0.05, 0.1) is 34.9 Å². The Balaban J connectivity index is 2.28. The van der Waals surface area contributed by atoms with Gasteiger partial charge in [-0.1, -0.05) is 0 Å². The predicted molar refractivity (Wildman–Crippen MR) is 69.6 cm³/mol. The third-order valence-electron chi connectivity index (χ3n) is 5.02. The first-order valence-electron chi connectivity index (χ1n) is 6.79. The van der Waals surface area contributed by atoms with Gasteiger partial charge in [-0.3, -0.25) is 9.59 Å². The van der Waals surface area contributed by atoms with Crippen molar-refractivity contribution in [3.05, 3.63) is 23.2 Å². The largest absolute Gasteiger partial charge is 0.460 e. The summed E-state index contributed by atoms with van der Waals surface area (Å²) in [6.07, 6.45) is 0.999. The highest BCUT2D eigenvalue weighted by Gasteiger charge is 2.64. The first-order valence-corrected chi connectivity index (χ1v) is 6.79. The normalized spacial score (nSPS) is 40.5. The van der Waals surface area contributed by atoms with Gasteiger partial charge in [0.25, 0.3) is 0 Å². The molecule has 0 amide bonds. The molecule has 20 heavy (non-hydrogen) atoms. The van der Waals surface area contributed by atoms with Crippen molar-refractivity contribution in [1.29, 1.82) is 0 Å². The molecule has 1 saturated carbocycles. The van der Waals surface area contributed by atoms with E-state index in [1.807, 2.05) is 0 Å². The first-order chi connectivity index (χ1) is 9.21. The molecule has 2 aliphatic carbocycles. The van der Waals surface area contributed by atoms with Gasteiger partial charge in [-0.2, -0.15) is 0 Å². The van der Waals surface area contributed by atoms with Crippen molar-refractivity contribution in [2.24, 2.45) is 11.3 Å². The smallest absolute Gasteiger partial charge is 0.208 e. The molecule has 1 aromatic rings. The van der Waals surface area contributed by atoms with E-state index in [9.17, 15) is 19.8 Å². The zero-order valence-corrected chi connectivity index (χ0v) is 11.8. The molecule has 0 spiro atoms. The number of carbonyl (C=O) groups is 2. The van der Waals surface area contributed by atoms with E-state index < -0.39 is 28.8 Å². The topological polar surface area (TPSA) is 87.7 Å². The number of fused-ring (bicyclic) bond motifs is 2. The molecule has 2 aliphatic rings. The highest BCUT2D eigenvalue weighted by Crippen LogP contribution is 2.53. The van der Waals surface area contributed by atoms with Crippen molar-refractivity contribution >= 4 is 11.6 Å². The van der Waals surface area contributed by atoms with Gasteiger partial charge in [0.2, 0.25) is 5.78 Å². The Morgan fingerprint density at radius 2 is 2.00 bits per heavy atom. The summed E-state index contributed by atoms with van der Waals surface area (Å²) in [5, 5.41) is 20.9. The number of hydrogen-bond acceptors (Lipinski definition) is 5. The Hall–Kier alpha value is -1.46. The average molecular weight is 278 g/mol. The molecule has 0 aliphatic heterocycles. The van der Waals surface area contributed by atoms with Crippen LogP contribution in [0.15, 0.2) is 10.7 Å². The van der Waals surface area contributed by atoms with Gasteiger partial charge in [-0.25, -0.2) is 0 Å². The molecule has 1 aromatic heterocycles. The van der Waals surface area contributed by atoms with Crippen molar-refractivity contribution in [1.82, 2.24) is 0 Å². The van der Waals surface area contributed by atoms with Gasteiger partial charge in [0.15, 0.2) is 11.5 Å². The molecule has 2 N–H and O–H groups in total. The number of Topliss-reactive ketones (excluding diaryl/α,β-unsaturated/α-hetero) is 2. The predicted octanol–water partition coefficient (Wildman–Crippen LogP) is 1.50. The molecule has 5 nitrogen and oxygen atoms in total. The minimum Gasteiger partial charge on any atom is -0.460 e. The van der Waals surface area contributed by atoms with E-state index in [-0.39, 0.29) is 23.5 Å². The number of rotatable bonds is 0. The fourth-order valence-electron chi connectivity index (χ4n) is 3.86. The van der Waals surface area contributed by atoms with Crippen molar-refractivity contribution in [2.45, 2.75) is 45.3 Å². The Morgan fingerprint density at radius 1 is 1.35 bits per heavy atom. The lowest BCUT2D eigenvalue weighted by Gasteiger charge is -2.51. The Morgan fingerprint density at radius 3 is 2.65 bits per heavy atom. The molecule has 1 fully saturated rings. The number of ketones is 2. The van der Waals surface area contributed by atoms with E-state index in [1.54, 1.807) is 20.8 Å². The Bertz CT molecular complexity index is 612. The van der Waals surface area contributed by atoms with Crippen LogP contribution >= 0.6 is 0 Å². The summed E-state index contributed by atoms with van der Waals surface area (Å²) in [5.41, 5.74) is -1.78. The third kappa shape index (κ3) is 1.39. The van der Waals surface area contributed by atoms with E-state index in [0.29, 0.717) is 12.0 Å². The van der Waals surface area contributed by atoms with Crippen LogP contribution in [0.4, 0.5) is 0 Å². The van der Waals surface area contributed by atoms with Gasteiger partial charge in [-0.05, 0) is 39.2 Å². The monoisotopic (exact) mass is 278 g/mol. The second kappa shape index (κ2) is 3.80. The second-order valence-corrected chi connectivity index (χ2v) is 6.44. The van der Waals surface area contributed by atoms with Crippen molar-refractivity contribution in [2.75, 3.05) is 0 Å². The van der Waals surface area contributed by atoms with Crippen molar-refractivity contribution in [3.63, 3.8) is 0 Å². The minimum atomic E-state index is -1.32. The summed E-state index contributed by atoms with van der Waals surface area (Å²) >= 11 is 0. The molecule has 1 heterocycles. The molecular weight excluding hydrogens is 260 g/mol. The zero-order valence-electron chi connectivity index (χ0n) is 11.8.